The second-order valence-electron chi connectivity index (χ2n) is 3.59. The molecule has 7 nitrogen and oxygen atoms in total. The molecular formula is C11H8N4O3. The summed E-state index contributed by atoms with van der Waals surface area (Å²) in [5.74, 6) is 0.833. The Morgan fingerprint density at radius 3 is 2.94 bits per heavy atom. The quantitative estimate of drug-likeness (QED) is 0.675. The van der Waals surface area contributed by atoms with Gasteiger partial charge in [-0.1, -0.05) is 0 Å². The lowest BCUT2D eigenvalue weighted by Crippen LogP contribution is -2.03. The lowest BCUT2D eigenvalue weighted by atomic mass is 10.2. The topological polar surface area (TPSA) is 93.9 Å². The number of hydrogen-bond acceptors (Lipinski definition) is 6. The molecule has 3 rings (SSSR count). The third-order valence-electron chi connectivity index (χ3n) is 2.53. The highest BCUT2D eigenvalue weighted by Crippen LogP contribution is 2.22. The number of aromatic nitrogens is 4. The van der Waals surface area contributed by atoms with Crippen LogP contribution >= 0.6 is 0 Å². The van der Waals surface area contributed by atoms with Crippen molar-refractivity contribution < 1.29 is 9.15 Å². The van der Waals surface area contributed by atoms with Gasteiger partial charge in [-0.3, -0.25) is 0 Å². The Hall–Kier alpha value is -2.70. The van der Waals surface area contributed by atoms with Crippen LogP contribution in [0.2, 0.25) is 0 Å². The Bertz CT molecular complexity index is 749. The molecule has 0 fully saturated rings. The van der Waals surface area contributed by atoms with Crippen LogP contribution in [-0.4, -0.2) is 27.7 Å². The van der Waals surface area contributed by atoms with Crippen molar-refractivity contribution in [3.05, 3.63) is 34.7 Å². The number of fused-ring (bicyclic) bond motifs is 1. The number of hydrogen-bond donors (Lipinski definition) is 1. The van der Waals surface area contributed by atoms with Crippen molar-refractivity contribution >= 4 is 11.0 Å². The van der Waals surface area contributed by atoms with Crippen LogP contribution in [0, 0.1) is 0 Å². The van der Waals surface area contributed by atoms with E-state index in [4.69, 9.17) is 9.15 Å². The number of H-pyrrole nitrogens is 1. The number of nitrogens with one attached hydrogen (secondary N) is 1. The molecule has 0 amide bonds. The van der Waals surface area contributed by atoms with Crippen molar-refractivity contribution in [2.24, 2.45) is 0 Å². The molecule has 0 atom stereocenters. The van der Waals surface area contributed by atoms with Gasteiger partial charge in [0.05, 0.1) is 7.11 Å². The zero-order valence-electron chi connectivity index (χ0n) is 9.38. The lowest BCUT2D eigenvalue weighted by molar-refractivity contribution is 0.414. The summed E-state index contributed by atoms with van der Waals surface area (Å²) in [5.41, 5.74) is 0.199. The predicted octanol–water partition coefficient (Wildman–Crippen LogP) is 0.982. The number of rotatable bonds is 2. The van der Waals surface area contributed by atoms with Crippen LogP contribution < -0.4 is 10.4 Å². The number of methoxy groups -OCH3 is 1. The maximum Gasteiger partial charge on any atom is 0.347 e. The summed E-state index contributed by atoms with van der Waals surface area (Å²) >= 11 is 0. The van der Waals surface area contributed by atoms with Gasteiger partial charge in [-0.15, -0.1) is 10.2 Å². The first-order valence-corrected chi connectivity index (χ1v) is 5.13. The molecule has 0 aliphatic heterocycles. The SMILES string of the molecule is COc1ccc2cc(-c3nn[nH]n3)c(=O)oc2c1. The summed E-state index contributed by atoms with van der Waals surface area (Å²) in [6.07, 6.45) is 0. The van der Waals surface area contributed by atoms with Gasteiger partial charge >= 0.3 is 5.63 Å². The van der Waals surface area contributed by atoms with Crippen LogP contribution in [-0.2, 0) is 0 Å². The van der Waals surface area contributed by atoms with E-state index >= 15 is 0 Å². The molecule has 1 aromatic carbocycles. The maximum atomic E-state index is 11.8. The molecule has 0 radical (unpaired) electrons. The van der Waals surface area contributed by atoms with Crippen LogP contribution in [0.3, 0.4) is 0 Å². The fraction of sp³-hybridized carbons (Fsp3) is 0.0909. The van der Waals surface area contributed by atoms with Gasteiger partial charge in [-0.05, 0) is 23.4 Å². The van der Waals surface area contributed by atoms with Gasteiger partial charge in [-0.25, -0.2) is 4.79 Å². The van der Waals surface area contributed by atoms with Crippen LogP contribution in [0.1, 0.15) is 0 Å². The largest absolute Gasteiger partial charge is 0.497 e. The molecule has 1 N–H and O–H groups in total. The van der Waals surface area contributed by atoms with E-state index in [-0.39, 0.29) is 11.4 Å². The first-order chi connectivity index (χ1) is 8.78. The van der Waals surface area contributed by atoms with Gasteiger partial charge in [0, 0.05) is 11.5 Å². The summed E-state index contributed by atoms with van der Waals surface area (Å²) in [6.45, 7) is 0. The zero-order valence-corrected chi connectivity index (χ0v) is 9.38. The van der Waals surface area contributed by atoms with E-state index in [2.05, 4.69) is 20.6 Å². The average Bonchev–Trinajstić information content (AvgIpc) is 2.91. The van der Waals surface area contributed by atoms with E-state index in [1.807, 2.05) is 0 Å². The van der Waals surface area contributed by atoms with Gasteiger partial charge in [0.15, 0.2) is 0 Å². The molecule has 0 aliphatic carbocycles. The van der Waals surface area contributed by atoms with Gasteiger partial charge in [0.1, 0.15) is 16.9 Å². The minimum absolute atomic E-state index is 0.210. The van der Waals surface area contributed by atoms with Crippen molar-refractivity contribution in [3.63, 3.8) is 0 Å². The Labute approximate surface area is 100 Å². The monoisotopic (exact) mass is 244 g/mol. The van der Waals surface area contributed by atoms with Crippen molar-refractivity contribution in [1.29, 1.82) is 0 Å². The van der Waals surface area contributed by atoms with E-state index in [9.17, 15) is 4.79 Å². The number of tetrazole rings is 1. The molecule has 2 heterocycles. The van der Waals surface area contributed by atoms with E-state index in [1.54, 1.807) is 31.4 Å². The molecule has 0 saturated carbocycles. The van der Waals surface area contributed by atoms with Crippen molar-refractivity contribution in [2.45, 2.75) is 0 Å². The first kappa shape index (κ1) is 10.5. The molecule has 3 aromatic rings. The minimum atomic E-state index is -0.517. The lowest BCUT2D eigenvalue weighted by Gasteiger charge is -2.02. The molecule has 0 saturated heterocycles. The second-order valence-corrected chi connectivity index (χ2v) is 3.59. The molecule has 2 aromatic heterocycles. The molecule has 7 heteroatoms. The maximum absolute atomic E-state index is 11.8. The highest BCUT2D eigenvalue weighted by atomic mass is 16.5. The third-order valence-corrected chi connectivity index (χ3v) is 2.53. The average molecular weight is 244 g/mol. The van der Waals surface area contributed by atoms with E-state index in [1.165, 1.54) is 0 Å². The van der Waals surface area contributed by atoms with Crippen molar-refractivity contribution in [3.8, 4) is 17.1 Å². The Balaban J connectivity index is 2.25. The molecule has 0 spiro atoms. The van der Waals surface area contributed by atoms with Crippen LogP contribution in [0.4, 0.5) is 0 Å². The number of ether oxygens (including phenoxy) is 1. The first-order valence-electron chi connectivity index (χ1n) is 5.13. The highest BCUT2D eigenvalue weighted by Gasteiger charge is 2.11. The van der Waals surface area contributed by atoms with Crippen LogP contribution in [0.15, 0.2) is 33.5 Å². The predicted molar refractivity (Wildman–Crippen MR) is 62.2 cm³/mol. The Morgan fingerprint density at radius 1 is 1.33 bits per heavy atom. The second kappa shape index (κ2) is 3.95. The number of aromatic amines is 1. The Kier molecular flexibility index (Phi) is 2.30. The fourth-order valence-corrected chi connectivity index (χ4v) is 1.65. The van der Waals surface area contributed by atoms with Gasteiger partial charge in [0.25, 0.3) is 0 Å². The highest BCUT2D eigenvalue weighted by molar-refractivity contribution is 5.81. The molecule has 0 aliphatic rings. The van der Waals surface area contributed by atoms with Gasteiger partial charge in [0.2, 0.25) is 5.82 Å². The van der Waals surface area contributed by atoms with Crippen molar-refractivity contribution in [2.75, 3.05) is 7.11 Å². The van der Waals surface area contributed by atoms with E-state index in [0.717, 1.165) is 5.39 Å². The molecular weight excluding hydrogens is 236 g/mol. The van der Waals surface area contributed by atoms with Gasteiger partial charge in [-0.2, -0.15) is 5.21 Å². The number of benzene rings is 1. The summed E-state index contributed by atoms with van der Waals surface area (Å²) in [7, 11) is 1.55. The molecule has 0 unspecified atom stereocenters. The standard InChI is InChI=1S/C11H8N4O3/c1-17-7-3-2-6-4-8(10-12-14-15-13-10)11(16)18-9(6)5-7/h2-5H,1H3,(H,12,13,14,15). The smallest absolute Gasteiger partial charge is 0.347 e. The summed E-state index contributed by atoms with van der Waals surface area (Å²) in [6, 6.07) is 6.88. The number of nitrogens with zero attached hydrogens (tertiary/aromatic N) is 3. The Morgan fingerprint density at radius 2 is 2.22 bits per heavy atom. The van der Waals surface area contributed by atoms with E-state index in [0.29, 0.717) is 11.3 Å². The summed E-state index contributed by atoms with van der Waals surface area (Å²) in [5, 5.41) is 14.0. The summed E-state index contributed by atoms with van der Waals surface area (Å²) in [4.78, 5) is 11.8. The summed E-state index contributed by atoms with van der Waals surface area (Å²) < 4.78 is 10.3. The van der Waals surface area contributed by atoms with Gasteiger partial charge < -0.3 is 9.15 Å². The van der Waals surface area contributed by atoms with Crippen LogP contribution in [0.5, 0.6) is 5.75 Å². The molecule has 90 valence electrons. The zero-order chi connectivity index (χ0) is 12.5. The third kappa shape index (κ3) is 1.61. The van der Waals surface area contributed by atoms with E-state index < -0.39 is 5.63 Å². The normalized spacial score (nSPS) is 10.7. The fourth-order valence-electron chi connectivity index (χ4n) is 1.65. The molecule has 18 heavy (non-hydrogen) atoms. The van der Waals surface area contributed by atoms with Crippen LogP contribution in [0.25, 0.3) is 22.4 Å². The molecule has 0 bridgehead atoms. The van der Waals surface area contributed by atoms with Crippen molar-refractivity contribution in [1.82, 2.24) is 20.6 Å². The minimum Gasteiger partial charge on any atom is -0.497 e.